The average molecular weight is 406 g/mol. The second-order valence-electron chi connectivity index (χ2n) is 6.62. The summed E-state index contributed by atoms with van der Waals surface area (Å²) in [5.74, 6) is -1.04. The highest BCUT2D eigenvalue weighted by Gasteiger charge is 2.21. The number of nitrogens with one attached hydrogen (secondary N) is 1. The molecule has 0 saturated carbocycles. The number of nitro benzene ring substituents is 1. The van der Waals surface area contributed by atoms with Gasteiger partial charge in [0.2, 0.25) is 0 Å². The summed E-state index contributed by atoms with van der Waals surface area (Å²) in [6.07, 6.45) is 0. The number of rotatable bonds is 6. The van der Waals surface area contributed by atoms with Crippen molar-refractivity contribution in [2.45, 2.75) is 13.8 Å². The van der Waals surface area contributed by atoms with E-state index in [9.17, 15) is 24.8 Å². The van der Waals surface area contributed by atoms with E-state index in [0.29, 0.717) is 17.2 Å². The number of carboxylic acid groups (broad SMARTS) is 1. The standard InChI is InChI=1S/C22H18N2O6/c1-13-6-8-18(10-14(13)2)30-17-5-3-4-15(11-17)23-21(25)20-12-16(24(28)29)7-9-19(20)22(26)27/h3-12H,1-2H3,(H,23,25)(H,26,27). The maximum absolute atomic E-state index is 12.6. The van der Waals surface area contributed by atoms with Crippen LogP contribution in [0.1, 0.15) is 31.8 Å². The highest BCUT2D eigenvalue weighted by atomic mass is 16.6. The van der Waals surface area contributed by atoms with Gasteiger partial charge in [-0.2, -0.15) is 0 Å². The van der Waals surface area contributed by atoms with Crippen LogP contribution in [0.4, 0.5) is 11.4 Å². The van der Waals surface area contributed by atoms with Crippen LogP contribution in [-0.4, -0.2) is 21.9 Å². The molecular weight excluding hydrogens is 388 g/mol. The van der Waals surface area contributed by atoms with Crippen molar-refractivity contribution in [3.63, 3.8) is 0 Å². The normalized spacial score (nSPS) is 10.3. The van der Waals surface area contributed by atoms with Gasteiger partial charge in [0, 0.05) is 23.9 Å². The molecule has 3 aromatic carbocycles. The Balaban J connectivity index is 1.84. The van der Waals surface area contributed by atoms with Gasteiger partial charge in [-0.3, -0.25) is 14.9 Å². The van der Waals surface area contributed by atoms with Gasteiger partial charge >= 0.3 is 5.97 Å². The zero-order chi connectivity index (χ0) is 21.8. The zero-order valence-corrected chi connectivity index (χ0v) is 16.2. The molecule has 0 atom stereocenters. The summed E-state index contributed by atoms with van der Waals surface area (Å²) < 4.78 is 5.82. The quantitative estimate of drug-likeness (QED) is 0.441. The molecule has 0 bridgehead atoms. The first-order chi connectivity index (χ1) is 14.2. The lowest BCUT2D eigenvalue weighted by molar-refractivity contribution is -0.384. The summed E-state index contributed by atoms with van der Waals surface area (Å²) in [7, 11) is 0. The number of amides is 1. The molecule has 30 heavy (non-hydrogen) atoms. The Hall–Kier alpha value is -4.20. The van der Waals surface area contributed by atoms with E-state index >= 15 is 0 Å². The number of hydrogen-bond acceptors (Lipinski definition) is 5. The third kappa shape index (κ3) is 4.61. The molecule has 152 valence electrons. The van der Waals surface area contributed by atoms with Gasteiger partial charge in [-0.15, -0.1) is 0 Å². The summed E-state index contributed by atoms with van der Waals surface area (Å²) >= 11 is 0. The largest absolute Gasteiger partial charge is 0.478 e. The molecule has 3 aromatic rings. The third-order valence-electron chi connectivity index (χ3n) is 4.49. The SMILES string of the molecule is Cc1ccc(Oc2cccc(NC(=O)c3cc([N+](=O)[O-])ccc3C(=O)O)c2)cc1C. The second kappa shape index (κ2) is 8.44. The van der Waals surface area contributed by atoms with Gasteiger partial charge in [0.1, 0.15) is 11.5 Å². The first-order valence-electron chi connectivity index (χ1n) is 8.93. The van der Waals surface area contributed by atoms with Crippen molar-refractivity contribution in [1.29, 1.82) is 0 Å². The number of carboxylic acids is 1. The van der Waals surface area contributed by atoms with Crippen LogP contribution in [0.15, 0.2) is 60.7 Å². The highest BCUT2D eigenvalue weighted by molar-refractivity contribution is 6.11. The van der Waals surface area contributed by atoms with Crippen molar-refractivity contribution in [2.24, 2.45) is 0 Å². The smallest absolute Gasteiger partial charge is 0.336 e. The number of benzene rings is 3. The molecule has 3 rings (SSSR count). The van der Waals surface area contributed by atoms with E-state index < -0.39 is 16.8 Å². The van der Waals surface area contributed by atoms with Gasteiger partial charge in [-0.1, -0.05) is 12.1 Å². The molecule has 1 amide bonds. The van der Waals surface area contributed by atoms with Crippen LogP contribution in [0.25, 0.3) is 0 Å². The van der Waals surface area contributed by atoms with Gasteiger partial charge in [0.15, 0.2) is 0 Å². The molecule has 8 nitrogen and oxygen atoms in total. The number of nitrogens with zero attached hydrogens (tertiary/aromatic N) is 1. The third-order valence-corrected chi connectivity index (χ3v) is 4.49. The van der Waals surface area contributed by atoms with E-state index in [1.807, 2.05) is 32.0 Å². The Morgan fingerprint density at radius 1 is 0.933 bits per heavy atom. The lowest BCUT2D eigenvalue weighted by atomic mass is 10.1. The fraction of sp³-hybridized carbons (Fsp3) is 0.0909. The Kier molecular flexibility index (Phi) is 5.78. The zero-order valence-electron chi connectivity index (χ0n) is 16.2. The summed E-state index contributed by atoms with van der Waals surface area (Å²) in [4.78, 5) is 34.3. The van der Waals surface area contributed by atoms with Crippen molar-refractivity contribution in [3.05, 3.63) is 93.0 Å². The number of carbonyl (C=O) groups excluding carboxylic acids is 1. The average Bonchev–Trinajstić information content (AvgIpc) is 2.70. The molecule has 0 spiro atoms. The molecule has 0 fully saturated rings. The van der Waals surface area contributed by atoms with Crippen LogP contribution in [0.5, 0.6) is 11.5 Å². The molecule has 0 aliphatic heterocycles. The molecule has 0 radical (unpaired) electrons. The van der Waals surface area contributed by atoms with E-state index in [2.05, 4.69) is 5.32 Å². The van der Waals surface area contributed by atoms with Gasteiger partial charge in [-0.25, -0.2) is 4.79 Å². The van der Waals surface area contributed by atoms with Crippen molar-refractivity contribution in [2.75, 3.05) is 5.32 Å². The fourth-order valence-electron chi connectivity index (χ4n) is 2.77. The first kappa shape index (κ1) is 20.5. The molecule has 0 heterocycles. The van der Waals surface area contributed by atoms with Crippen LogP contribution in [0.2, 0.25) is 0 Å². The Labute approximate surface area is 171 Å². The van der Waals surface area contributed by atoms with Gasteiger partial charge < -0.3 is 15.2 Å². The monoisotopic (exact) mass is 406 g/mol. The number of aromatic carboxylic acids is 1. The highest BCUT2D eigenvalue weighted by Crippen LogP contribution is 2.26. The molecule has 0 aliphatic rings. The van der Waals surface area contributed by atoms with E-state index in [4.69, 9.17) is 4.74 Å². The predicted molar refractivity (Wildman–Crippen MR) is 110 cm³/mol. The van der Waals surface area contributed by atoms with E-state index in [-0.39, 0.29) is 16.8 Å². The fourth-order valence-corrected chi connectivity index (χ4v) is 2.77. The topological polar surface area (TPSA) is 119 Å². The molecule has 2 N–H and O–H groups in total. The Morgan fingerprint density at radius 2 is 1.67 bits per heavy atom. The summed E-state index contributed by atoms with van der Waals surface area (Å²) in [6.45, 7) is 3.96. The molecule has 0 unspecified atom stereocenters. The van der Waals surface area contributed by atoms with Crippen LogP contribution >= 0.6 is 0 Å². The van der Waals surface area contributed by atoms with Crippen molar-refractivity contribution >= 4 is 23.3 Å². The number of nitro groups is 1. The number of carbonyl (C=O) groups is 2. The van der Waals surface area contributed by atoms with Gasteiger partial charge in [0.25, 0.3) is 11.6 Å². The lowest BCUT2D eigenvalue weighted by Gasteiger charge is -2.11. The lowest BCUT2D eigenvalue weighted by Crippen LogP contribution is -2.16. The van der Waals surface area contributed by atoms with Crippen LogP contribution in [0, 0.1) is 24.0 Å². The summed E-state index contributed by atoms with van der Waals surface area (Å²) in [5, 5.41) is 22.8. The van der Waals surface area contributed by atoms with E-state index in [0.717, 1.165) is 29.3 Å². The van der Waals surface area contributed by atoms with Crippen LogP contribution in [-0.2, 0) is 0 Å². The minimum Gasteiger partial charge on any atom is -0.478 e. The van der Waals surface area contributed by atoms with Crippen LogP contribution < -0.4 is 10.1 Å². The van der Waals surface area contributed by atoms with Crippen molar-refractivity contribution in [3.8, 4) is 11.5 Å². The number of hydrogen-bond donors (Lipinski definition) is 2. The molecule has 0 aromatic heterocycles. The van der Waals surface area contributed by atoms with Crippen molar-refractivity contribution < 1.29 is 24.4 Å². The van der Waals surface area contributed by atoms with Crippen molar-refractivity contribution in [1.82, 2.24) is 0 Å². The minimum absolute atomic E-state index is 0.308. The minimum atomic E-state index is -1.36. The van der Waals surface area contributed by atoms with Gasteiger partial charge in [0.05, 0.1) is 16.1 Å². The summed E-state index contributed by atoms with van der Waals surface area (Å²) in [6, 6.07) is 15.2. The first-order valence-corrected chi connectivity index (χ1v) is 8.93. The predicted octanol–water partition coefficient (Wildman–Crippen LogP) is 4.95. The maximum Gasteiger partial charge on any atom is 0.336 e. The number of non-ortho nitro benzene ring substituents is 1. The second-order valence-corrected chi connectivity index (χ2v) is 6.62. The van der Waals surface area contributed by atoms with E-state index in [1.165, 1.54) is 0 Å². The van der Waals surface area contributed by atoms with Crippen LogP contribution in [0.3, 0.4) is 0 Å². The number of aryl methyl sites for hydroxylation is 2. The Bertz CT molecular complexity index is 1160. The maximum atomic E-state index is 12.6. The molecule has 0 saturated heterocycles. The Morgan fingerprint density at radius 3 is 2.33 bits per heavy atom. The molecule has 8 heteroatoms. The summed E-state index contributed by atoms with van der Waals surface area (Å²) in [5.41, 5.74) is 1.54. The van der Waals surface area contributed by atoms with E-state index in [1.54, 1.807) is 24.3 Å². The molecule has 0 aliphatic carbocycles. The molecular formula is C22H18N2O6. The number of ether oxygens (including phenoxy) is 1. The van der Waals surface area contributed by atoms with Gasteiger partial charge in [-0.05, 0) is 55.3 Å². The number of anilines is 1.